The van der Waals surface area contributed by atoms with Crippen LogP contribution in [0.4, 0.5) is 5.95 Å². The topological polar surface area (TPSA) is 71.3 Å². The molecule has 1 fully saturated rings. The molecule has 0 bridgehead atoms. The van der Waals surface area contributed by atoms with Gasteiger partial charge in [0.15, 0.2) is 0 Å². The van der Waals surface area contributed by atoms with Crippen molar-refractivity contribution in [2.45, 2.75) is 45.6 Å². The lowest BCUT2D eigenvalue weighted by molar-refractivity contribution is -0.131. The van der Waals surface area contributed by atoms with Gasteiger partial charge in [-0.2, -0.15) is 4.98 Å². The summed E-state index contributed by atoms with van der Waals surface area (Å²) in [7, 11) is 3.69. The highest BCUT2D eigenvalue weighted by Gasteiger charge is 2.39. The van der Waals surface area contributed by atoms with Crippen molar-refractivity contribution in [3.05, 3.63) is 5.89 Å². The Balaban J connectivity index is 1.92. The highest BCUT2D eigenvalue weighted by molar-refractivity contribution is 5.82. The second-order valence-electron chi connectivity index (χ2n) is 5.41. The Bertz CT molecular complexity index is 436. The van der Waals surface area contributed by atoms with Crippen LogP contribution >= 0.6 is 0 Å². The summed E-state index contributed by atoms with van der Waals surface area (Å²) in [6.45, 7) is 2.39. The van der Waals surface area contributed by atoms with Gasteiger partial charge in [-0.3, -0.25) is 4.79 Å². The number of hydrogen-bond acceptors (Lipinski definition) is 5. The Labute approximate surface area is 113 Å². The molecule has 0 radical (unpaired) electrons. The van der Waals surface area contributed by atoms with Crippen LogP contribution in [0.25, 0.3) is 0 Å². The number of amides is 1. The van der Waals surface area contributed by atoms with Gasteiger partial charge in [0, 0.05) is 19.5 Å². The molecular weight excluding hydrogens is 244 g/mol. The molecule has 0 aliphatic heterocycles. The Kier molecular flexibility index (Phi) is 4.07. The van der Waals surface area contributed by atoms with Crippen LogP contribution in [0.1, 0.15) is 44.9 Å². The molecule has 1 aromatic heterocycles. The molecular formula is C13H22N4O2. The molecule has 1 aliphatic rings. The van der Waals surface area contributed by atoms with Crippen LogP contribution in [0.15, 0.2) is 4.52 Å². The smallest absolute Gasteiger partial charge is 0.265 e. The maximum atomic E-state index is 12.3. The third-order valence-corrected chi connectivity index (χ3v) is 3.98. The third-order valence-electron chi connectivity index (χ3n) is 3.98. The lowest BCUT2D eigenvalue weighted by Crippen LogP contribution is -2.38. The zero-order valence-electron chi connectivity index (χ0n) is 11.9. The number of carbonyl (C=O) groups is 1. The van der Waals surface area contributed by atoms with Crippen molar-refractivity contribution in [1.82, 2.24) is 15.5 Å². The fraction of sp³-hybridized carbons (Fsp3) is 0.769. The minimum absolute atomic E-state index is 0.122. The van der Waals surface area contributed by atoms with Crippen LogP contribution < -0.4 is 10.2 Å². The lowest BCUT2D eigenvalue weighted by atomic mass is 9.82. The largest absolute Gasteiger partial charge is 0.347 e. The number of aromatic nitrogens is 2. The van der Waals surface area contributed by atoms with Crippen LogP contribution in [0.5, 0.6) is 0 Å². The molecule has 1 heterocycles. The number of anilines is 1. The molecule has 0 saturated heterocycles. The number of hydrogen-bond donors (Lipinski definition) is 1. The van der Waals surface area contributed by atoms with Gasteiger partial charge in [-0.25, -0.2) is 0 Å². The fourth-order valence-corrected chi connectivity index (χ4v) is 2.64. The molecule has 0 atom stereocenters. The van der Waals surface area contributed by atoms with Crippen LogP contribution in [-0.4, -0.2) is 30.1 Å². The highest BCUT2D eigenvalue weighted by atomic mass is 16.5. The summed E-state index contributed by atoms with van der Waals surface area (Å²) in [6, 6.07) is 0. The van der Waals surface area contributed by atoms with Crippen LogP contribution in [-0.2, 0) is 11.3 Å². The monoisotopic (exact) mass is 266 g/mol. The minimum Gasteiger partial charge on any atom is -0.347 e. The van der Waals surface area contributed by atoms with Crippen molar-refractivity contribution in [3.8, 4) is 0 Å². The quantitative estimate of drug-likeness (QED) is 0.878. The van der Waals surface area contributed by atoms with Gasteiger partial charge >= 0.3 is 0 Å². The fourth-order valence-electron chi connectivity index (χ4n) is 2.64. The van der Waals surface area contributed by atoms with Crippen molar-refractivity contribution in [2.75, 3.05) is 19.0 Å². The summed E-state index contributed by atoms with van der Waals surface area (Å²) in [5, 5.41) is 6.75. The second-order valence-corrected chi connectivity index (χ2v) is 5.41. The van der Waals surface area contributed by atoms with Crippen molar-refractivity contribution in [1.29, 1.82) is 0 Å². The van der Waals surface area contributed by atoms with E-state index < -0.39 is 0 Å². The lowest BCUT2D eigenvalue weighted by Gasteiger charge is -2.25. The SMILES string of the molecule is CCC1(C(=O)NCc2nc(N(C)C)no2)CCCC1. The van der Waals surface area contributed by atoms with Crippen LogP contribution in [0.3, 0.4) is 0 Å². The summed E-state index contributed by atoms with van der Waals surface area (Å²) >= 11 is 0. The van der Waals surface area contributed by atoms with E-state index in [2.05, 4.69) is 22.4 Å². The summed E-state index contributed by atoms with van der Waals surface area (Å²) < 4.78 is 5.09. The van der Waals surface area contributed by atoms with E-state index in [1.165, 1.54) is 0 Å². The zero-order valence-corrected chi connectivity index (χ0v) is 11.9. The molecule has 0 spiro atoms. The molecule has 19 heavy (non-hydrogen) atoms. The van der Waals surface area contributed by atoms with E-state index in [9.17, 15) is 4.79 Å². The van der Waals surface area contributed by atoms with E-state index in [4.69, 9.17) is 4.52 Å². The van der Waals surface area contributed by atoms with Gasteiger partial charge in [0.05, 0.1) is 6.54 Å². The summed E-state index contributed by atoms with van der Waals surface area (Å²) in [5.41, 5.74) is -0.176. The Morgan fingerprint density at radius 1 is 1.42 bits per heavy atom. The van der Waals surface area contributed by atoms with E-state index in [-0.39, 0.29) is 11.3 Å². The molecule has 2 rings (SSSR count). The van der Waals surface area contributed by atoms with E-state index in [0.29, 0.717) is 18.4 Å². The average Bonchev–Trinajstić information content (AvgIpc) is 3.05. The first-order valence-corrected chi connectivity index (χ1v) is 6.85. The van der Waals surface area contributed by atoms with Crippen LogP contribution in [0, 0.1) is 5.41 Å². The first-order chi connectivity index (χ1) is 9.07. The minimum atomic E-state index is -0.176. The molecule has 106 valence electrons. The molecule has 1 saturated carbocycles. The molecule has 1 N–H and O–H groups in total. The van der Waals surface area contributed by atoms with Crippen molar-refractivity contribution in [2.24, 2.45) is 5.41 Å². The number of nitrogens with one attached hydrogen (secondary N) is 1. The molecule has 6 nitrogen and oxygen atoms in total. The normalized spacial score (nSPS) is 17.4. The van der Waals surface area contributed by atoms with Gasteiger partial charge in [-0.1, -0.05) is 19.8 Å². The summed E-state index contributed by atoms with van der Waals surface area (Å²) in [6.07, 6.45) is 5.16. The number of rotatable bonds is 5. The van der Waals surface area contributed by atoms with Crippen LogP contribution in [0.2, 0.25) is 0 Å². The van der Waals surface area contributed by atoms with Crippen molar-refractivity contribution >= 4 is 11.9 Å². The molecule has 1 amide bonds. The Hall–Kier alpha value is -1.59. The van der Waals surface area contributed by atoms with Gasteiger partial charge in [-0.15, -0.1) is 0 Å². The summed E-state index contributed by atoms with van der Waals surface area (Å²) in [5.74, 6) is 1.09. The predicted octanol–water partition coefficient (Wildman–Crippen LogP) is 1.72. The maximum Gasteiger partial charge on any atom is 0.265 e. The van der Waals surface area contributed by atoms with E-state index in [1.54, 1.807) is 4.90 Å². The predicted molar refractivity (Wildman–Crippen MR) is 71.7 cm³/mol. The Morgan fingerprint density at radius 2 is 2.11 bits per heavy atom. The van der Waals surface area contributed by atoms with Gasteiger partial charge < -0.3 is 14.7 Å². The van der Waals surface area contributed by atoms with E-state index in [0.717, 1.165) is 32.1 Å². The third kappa shape index (κ3) is 2.88. The highest BCUT2D eigenvalue weighted by Crippen LogP contribution is 2.41. The van der Waals surface area contributed by atoms with Gasteiger partial charge in [0.25, 0.3) is 5.95 Å². The standard InChI is InChI=1S/C13H22N4O2/c1-4-13(7-5-6-8-13)11(18)14-9-10-15-12(16-19-10)17(2)3/h4-9H2,1-3H3,(H,14,18). The molecule has 0 unspecified atom stereocenters. The van der Waals surface area contributed by atoms with Gasteiger partial charge in [-0.05, 0) is 24.4 Å². The first-order valence-electron chi connectivity index (χ1n) is 6.85. The van der Waals surface area contributed by atoms with E-state index >= 15 is 0 Å². The van der Waals surface area contributed by atoms with Gasteiger partial charge in [0.1, 0.15) is 0 Å². The number of carbonyl (C=O) groups excluding carboxylic acids is 1. The number of nitrogens with zero attached hydrogens (tertiary/aromatic N) is 3. The molecule has 1 aromatic rings. The average molecular weight is 266 g/mol. The maximum absolute atomic E-state index is 12.3. The zero-order chi connectivity index (χ0) is 13.9. The molecule has 1 aliphatic carbocycles. The Morgan fingerprint density at radius 3 is 2.63 bits per heavy atom. The van der Waals surface area contributed by atoms with Gasteiger partial charge in [0.2, 0.25) is 11.8 Å². The summed E-state index contributed by atoms with van der Waals surface area (Å²) in [4.78, 5) is 18.3. The van der Waals surface area contributed by atoms with Crippen molar-refractivity contribution < 1.29 is 9.32 Å². The van der Waals surface area contributed by atoms with E-state index in [1.807, 2.05) is 14.1 Å². The first kappa shape index (κ1) is 13.8. The molecule has 6 heteroatoms. The second kappa shape index (κ2) is 5.59. The molecule has 0 aromatic carbocycles. The van der Waals surface area contributed by atoms with Crippen molar-refractivity contribution in [3.63, 3.8) is 0 Å².